The lowest BCUT2D eigenvalue weighted by Gasteiger charge is -2.31. The van der Waals surface area contributed by atoms with Gasteiger partial charge in [-0.05, 0) is 6.92 Å². The van der Waals surface area contributed by atoms with Crippen LogP contribution in [0.1, 0.15) is 13.3 Å². The van der Waals surface area contributed by atoms with Gasteiger partial charge in [-0.3, -0.25) is 9.48 Å². The zero-order chi connectivity index (χ0) is 14.8. The van der Waals surface area contributed by atoms with E-state index in [0.29, 0.717) is 6.54 Å². The summed E-state index contributed by atoms with van der Waals surface area (Å²) in [6.07, 6.45) is 2.59. The Hall–Kier alpha value is -1.06. The van der Waals surface area contributed by atoms with Gasteiger partial charge in [-0.25, -0.2) is 8.42 Å². The van der Waals surface area contributed by atoms with E-state index in [1.165, 1.54) is 21.4 Å². The number of nitrogens with zero attached hydrogens (tertiary/aromatic N) is 3. The lowest BCUT2D eigenvalue weighted by molar-refractivity contribution is -0.137. The maximum absolute atomic E-state index is 12.5. The molecule has 0 bridgehead atoms. The highest BCUT2D eigenvalue weighted by atomic mass is 32.2. The van der Waals surface area contributed by atoms with Crippen LogP contribution in [0.15, 0.2) is 17.3 Å². The number of sulfonamides is 1. The van der Waals surface area contributed by atoms with Gasteiger partial charge in [0.05, 0.1) is 19.2 Å². The number of thioether (sulfide) groups is 1. The van der Waals surface area contributed by atoms with Crippen LogP contribution in [0.3, 0.4) is 0 Å². The Morgan fingerprint density at radius 1 is 1.60 bits per heavy atom. The molecular weight excluding hydrogens is 302 g/mol. The molecule has 0 spiro atoms. The topological polar surface area (TPSA) is 92.5 Å². The number of aryl methyl sites for hydroxylation is 1. The van der Waals surface area contributed by atoms with Crippen LogP contribution in [0.2, 0.25) is 0 Å². The van der Waals surface area contributed by atoms with Crippen LogP contribution in [0.4, 0.5) is 0 Å². The minimum absolute atomic E-state index is 0.0406. The van der Waals surface area contributed by atoms with Crippen LogP contribution in [-0.4, -0.2) is 57.7 Å². The third kappa shape index (κ3) is 3.33. The van der Waals surface area contributed by atoms with Crippen molar-refractivity contribution in [2.24, 2.45) is 0 Å². The molecule has 9 heteroatoms. The van der Waals surface area contributed by atoms with Crippen molar-refractivity contribution >= 4 is 27.8 Å². The van der Waals surface area contributed by atoms with E-state index in [2.05, 4.69) is 5.10 Å². The highest BCUT2D eigenvalue weighted by Crippen LogP contribution is 2.24. The predicted molar refractivity (Wildman–Crippen MR) is 75.2 cm³/mol. The molecule has 1 atom stereocenters. The van der Waals surface area contributed by atoms with Gasteiger partial charge in [-0.2, -0.15) is 21.2 Å². The Bertz CT molecular complexity index is 584. The first-order valence-corrected chi connectivity index (χ1v) is 8.84. The Balaban J connectivity index is 2.15. The summed E-state index contributed by atoms with van der Waals surface area (Å²) < 4.78 is 27.8. The Morgan fingerprint density at radius 2 is 2.35 bits per heavy atom. The van der Waals surface area contributed by atoms with Crippen LogP contribution in [0.25, 0.3) is 0 Å². The van der Waals surface area contributed by atoms with Gasteiger partial charge in [-0.15, -0.1) is 0 Å². The molecule has 1 unspecified atom stereocenters. The van der Waals surface area contributed by atoms with Crippen LogP contribution in [0, 0.1) is 0 Å². The van der Waals surface area contributed by atoms with Crippen molar-refractivity contribution in [3.05, 3.63) is 12.4 Å². The van der Waals surface area contributed by atoms with E-state index in [1.54, 1.807) is 11.8 Å². The molecular formula is C11H17N3O4S2. The van der Waals surface area contributed by atoms with Gasteiger partial charge < -0.3 is 5.11 Å². The normalized spacial score (nSPS) is 20.9. The SMILES string of the molecule is CC1CSCCN1S(=O)(=O)c1cnn(CCC(=O)O)c1. The molecule has 0 saturated carbocycles. The van der Waals surface area contributed by atoms with Gasteiger partial charge in [0.1, 0.15) is 4.90 Å². The largest absolute Gasteiger partial charge is 0.481 e. The molecule has 0 amide bonds. The number of aromatic nitrogens is 2. The summed E-state index contributed by atoms with van der Waals surface area (Å²) in [5.74, 6) is 0.634. The van der Waals surface area contributed by atoms with E-state index >= 15 is 0 Å². The summed E-state index contributed by atoms with van der Waals surface area (Å²) >= 11 is 1.74. The van der Waals surface area contributed by atoms with Gasteiger partial charge in [0, 0.05) is 30.3 Å². The average Bonchev–Trinajstić information content (AvgIpc) is 2.86. The molecule has 0 radical (unpaired) electrons. The van der Waals surface area contributed by atoms with Crippen LogP contribution < -0.4 is 0 Å². The van der Waals surface area contributed by atoms with Gasteiger partial charge in [0.15, 0.2) is 0 Å². The van der Waals surface area contributed by atoms with Gasteiger partial charge in [0.25, 0.3) is 0 Å². The summed E-state index contributed by atoms with van der Waals surface area (Å²) in [6.45, 7) is 2.54. The van der Waals surface area contributed by atoms with Crippen molar-refractivity contribution < 1.29 is 18.3 Å². The predicted octanol–water partition coefficient (Wildman–Crippen LogP) is 0.484. The number of carboxylic acid groups (broad SMARTS) is 1. The molecule has 20 heavy (non-hydrogen) atoms. The van der Waals surface area contributed by atoms with E-state index in [1.807, 2.05) is 6.92 Å². The third-order valence-corrected chi connectivity index (χ3v) is 6.23. The first-order chi connectivity index (χ1) is 9.41. The molecule has 1 N–H and O–H groups in total. The first-order valence-electron chi connectivity index (χ1n) is 6.25. The molecule has 2 rings (SSSR count). The van der Waals surface area contributed by atoms with Crippen molar-refractivity contribution in [1.82, 2.24) is 14.1 Å². The number of hydrogen-bond acceptors (Lipinski definition) is 5. The second kappa shape index (κ2) is 6.15. The smallest absolute Gasteiger partial charge is 0.305 e. The Labute approximate surface area is 122 Å². The number of carboxylic acids is 1. The van der Waals surface area contributed by atoms with Crippen molar-refractivity contribution in [2.45, 2.75) is 30.8 Å². The maximum Gasteiger partial charge on any atom is 0.305 e. The molecule has 7 nitrogen and oxygen atoms in total. The molecule has 1 aliphatic rings. The Kier molecular flexibility index (Phi) is 4.71. The van der Waals surface area contributed by atoms with Crippen LogP contribution in [-0.2, 0) is 21.4 Å². The number of hydrogen-bond donors (Lipinski definition) is 1. The fourth-order valence-electron chi connectivity index (χ4n) is 2.01. The van der Waals surface area contributed by atoms with Crippen molar-refractivity contribution in [3.8, 4) is 0 Å². The first kappa shape index (κ1) is 15.3. The van der Waals surface area contributed by atoms with Crippen molar-refractivity contribution in [1.29, 1.82) is 0 Å². The second-order valence-electron chi connectivity index (χ2n) is 4.62. The maximum atomic E-state index is 12.5. The molecule has 112 valence electrons. The van der Waals surface area contributed by atoms with E-state index in [9.17, 15) is 13.2 Å². The molecule has 1 aromatic heterocycles. The standard InChI is InChI=1S/C11H17N3O4S2/c1-9-8-19-5-4-14(9)20(17,18)10-6-12-13(7-10)3-2-11(15)16/h6-7,9H,2-5,8H2,1H3,(H,15,16). The fraction of sp³-hybridized carbons (Fsp3) is 0.636. The molecule has 1 aliphatic heterocycles. The number of aliphatic carboxylic acids is 1. The third-order valence-electron chi connectivity index (χ3n) is 3.08. The average molecular weight is 319 g/mol. The zero-order valence-corrected chi connectivity index (χ0v) is 12.7. The summed E-state index contributed by atoms with van der Waals surface area (Å²) in [4.78, 5) is 10.6. The zero-order valence-electron chi connectivity index (χ0n) is 11.1. The summed E-state index contributed by atoms with van der Waals surface area (Å²) in [6, 6.07) is -0.0406. The van der Waals surface area contributed by atoms with E-state index < -0.39 is 16.0 Å². The lowest BCUT2D eigenvalue weighted by Crippen LogP contribution is -2.44. The van der Waals surface area contributed by atoms with Crippen LogP contribution >= 0.6 is 11.8 Å². The summed E-state index contributed by atoms with van der Waals surface area (Å²) in [5, 5.41) is 12.5. The van der Waals surface area contributed by atoms with Gasteiger partial charge in [-0.1, -0.05) is 0 Å². The van der Waals surface area contributed by atoms with E-state index in [4.69, 9.17) is 5.11 Å². The minimum Gasteiger partial charge on any atom is -0.481 e. The number of rotatable bonds is 5. The van der Waals surface area contributed by atoms with E-state index in [0.717, 1.165) is 11.5 Å². The molecule has 0 aliphatic carbocycles. The highest BCUT2D eigenvalue weighted by molar-refractivity contribution is 7.99. The fourth-order valence-corrected chi connectivity index (χ4v) is 4.82. The van der Waals surface area contributed by atoms with Gasteiger partial charge in [0.2, 0.25) is 10.0 Å². The molecule has 2 heterocycles. The summed E-state index contributed by atoms with van der Waals surface area (Å²) in [5.41, 5.74) is 0. The number of carbonyl (C=O) groups is 1. The molecule has 0 aromatic carbocycles. The lowest BCUT2D eigenvalue weighted by atomic mass is 10.4. The minimum atomic E-state index is -3.54. The Morgan fingerprint density at radius 3 is 3.00 bits per heavy atom. The van der Waals surface area contributed by atoms with E-state index in [-0.39, 0.29) is 23.9 Å². The highest BCUT2D eigenvalue weighted by Gasteiger charge is 2.32. The van der Waals surface area contributed by atoms with Gasteiger partial charge >= 0.3 is 5.97 Å². The molecule has 1 aromatic rings. The van der Waals surface area contributed by atoms with Crippen molar-refractivity contribution in [2.75, 3.05) is 18.1 Å². The molecule has 1 saturated heterocycles. The summed E-state index contributed by atoms with van der Waals surface area (Å²) in [7, 11) is -3.54. The molecule has 1 fully saturated rings. The van der Waals surface area contributed by atoms with Crippen LogP contribution in [0.5, 0.6) is 0 Å². The quantitative estimate of drug-likeness (QED) is 0.849. The second-order valence-corrected chi connectivity index (χ2v) is 7.66. The van der Waals surface area contributed by atoms with Crippen molar-refractivity contribution in [3.63, 3.8) is 0 Å². The monoisotopic (exact) mass is 319 g/mol.